The fraction of sp³-hybridized carbons (Fsp3) is 0.273. The number of benzene rings is 1. The van der Waals surface area contributed by atoms with E-state index in [1.807, 2.05) is 29.3 Å². The van der Waals surface area contributed by atoms with Crippen LogP contribution in [0.3, 0.4) is 0 Å². The Bertz CT molecular complexity index is 1330. The van der Waals surface area contributed by atoms with Crippen LogP contribution in [0, 0.1) is 0 Å². The number of hydrogen-bond donors (Lipinski definition) is 2. The molecule has 2 aliphatic rings. The van der Waals surface area contributed by atoms with Gasteiger partial charge in [0.05, 0.1) is 28.6 Å². The van der Waals surface area contributed by atoms with Gasteiger partial charge in [-0.15, -0.1) is 0 Å². The number of anilines is 1. The molecule has 0 saturated carbocycles. The van der Waals surface area contributed by atoms with Crippen LogP contribution in [0.15, 0.2) is 53.7 Å². The summed E-state index contributed by atoms with van der Waals surface area (Å²) in [6.45, 7) is 1.47. The third kappa shape index (κ3) is 2.53. The number of aromatic nitrogens is 4. The number of fused-ring (bicyclic) bond motifs is 4. The first-order valence-corrected chi connectivity index (χ1v) is 10.2. The van der Waals surface area contributed by atoms with Crippen molar-refractivity contribution < 1.29 is 4.79 Å². The van der Waals surface area contributed by atoms with Gasteiger partial charge < -0.3 is 19.8 Å². The first-order valence-electron chi connectivity index (χ1n) is 10.2. The van der Waals surface area contributed by atoms with E-state index in [1.54, 1.807) is 18.5 Å². The molecule has 150 valence electrons. The van der Waals surface area contributed by atoms with Gasteiger partial charge in [0.1, 0.15) is 17.8 Å². The number of para-hydroxylation sites is 1. The number of nitrogens with one attached hydrogen (secondary N) is 2. The second kappa shape index (κ2) is 6.41. The number of aromatic amines is 2. The molecule has 2 atom stereocenters. The van der Waals surface area contributed by atoms with Gasteiger partial charge in [-0.25, -0.2) is 9.97 Å². The Kier molecular flexibility index (Phi) is 3.68. The van der Waals surface area contributed by atoms with Crippen molar-refractivity contribution >= 4 is 33.7 Å². The van der Waals surface area contributed by atoms with Crippen LogP contribution >= 0.6 is 0 Å². The van der Waals surface area contributed by atoms with Gasteiger partial charge in [0, 0.05) is 25.4 Å². The molecular formula is C22H20N6O2. The third-order valence-electron chi connectivity index (χ3n) is 6.34. The second-order valence-corrected chi connectivity index (χ2v) is 8.03. The molecule has 1 amide bonds. The summed E-state index contributed by atoms with van der Waals surface area (Å²) < 4.78 is 0. The minimum Gasteiger partial charge on any atom is -0.352 e. The van der Waals surface area contributed by atoms with Crippen molar-refractivity contribution in [2.45, 2.75) is 24.9 Å². The van der Waals surface area contributed by atoms with E-state index in [1.165, 1.54) is 6.07 Å². The van der Waals surface area contributed by atoms with Crippen LogP contribution in [-0.2, 0) is 0 Å². The minimum absolute atomic E-state index is 0.0101. The molecule has 2 aliphatic heterocycles. The molecule has 2 N–H and O–H groups in total. The topological polar surface area (TPSA) is 98.0 Å². The molecule has 3 aromatic heterocycles. The van der Waals surface area contributed by atoms with Crippen LogP contribution in [0.1, 0.15) is 23.2 Å². The van der Waals surface area contributed by atoms with E-state index in [0.29, 0.717) is 11.1 Å². The van der Waals surface area contributed by atoms with Crippen molar-refractivity contribution in [3.63, 3.8) is 0 Å². The van der Waals surface area contributed by atoms with E-state index >= 15 is 0 Å². The zero-order chi connectivity index (χ0) is 20.2. The highest BCUT2D eigenvalue weighted by Gasteiger charge is 2.43. The quantitative estimate of drug-likeness (QED) is 0.538. The summed E-state index contributed by atoms with van der Waals surface area (Å²) in [5.74, 6) is 0.906. The number of piperazine rings is 1. The molecule has 8 nitrogen and oxygen atoms in total. The minimum atomic E-state index is -0.199. The Morgan fingerprint density at radius 2 is 1.87 bits per heavy atom. The Labute approximate surface area is 171 Å². The summed E-state index contributed by atoms with van der Waals surface area (Å²) in [5, 5.41) is 1.87. The van der Waals surface area contributed by atoms with Crippen molar-refractivity contribution in [2.75, 3.05) is 18.0 Å². The lowest BCUT2D eigenvalue weighted by Crippen LogP contribution is -2.56. The van der Waals surface area contributed by atoms with E-state index < -0.39 is 0 Å². The molecule has 8 heteroatoms. The van der Waals surface area contributed by atoms with Gasteiger partial charge in [0.15, 0.2) is 0 Å². The standard InChI is InChI=1S/C22H20N6O2/c29-18-7-4-13-2-1-3-16(19(13)26-18)22(30)28-14-5-6-15(28)11-27(10-14)21-17-8-9-23-20(17)24-12-25-21/h1-4,7-9,12,14-15H,5-6,10-11H2,(H,26,29)(H,23,24,25). The zero-order valence-corrected chi connectivity index (χ0v) is 16.2. The SMILES string of the molecule is O=C(c1cccc2ccc(=O)[nH]c12)N1C2CCC1CN(c1ncnc3[nH]ccc13)C2. The van der Waals surface area contributed by atoms with E-state index in [4.69, 9.17) is 0 Å². The zero-order valence-electron chi connectivity index (χ0n) is 16.2. The van der Waals surface area contributed by atoms with Crippen molar-refractivity contribution in [3.05, 3.63) is 64.8 Å². The summed E-state index contributed by atoms with van der Waals surface area (Å²) in [6, 6.07) is 11.1. The smallest absolute Gasteiger partial charge is 0.256 e. The second-order valence-electron chi connectivity index (χ2n) is 8.03. The summed E-state index contributed by atoms with van der Waals surface area (Å²) in [6.07, 6.45) is 5.39. The normalized spacial score (nSPS) is 20.9. The Morgan fingerprint density at radius 1 is 1.03 bits per heavy atom. The van der Waals surface area contributed by atoms with Crippen LogP contribution in [0.25, 0.3) is 21.9 Å². The summed E-state index contributed by atoms with van der Waals surface area (Å²) in [4.78, 5) is 44.5. The molecule has 30 heavy (non-hydrogen) atoms. The van der Waals surface area contributed by atoms with Crippen LogP contribution in [0.5, 0.6) is 0 Å². The highest BCUT2D eigenvalue weighted by molar-refractivity contribution is 6.06. The number of carbonyl (C=O) groups is 1. The van der Waals surface area contributed by atoms with Gasteiger partial charge in [-0.1, -0.05) is 12.1 Å². The van der Waals surface area contributed by atoms with Crippen LogP contribution < -0.4 is 10.5 Å². The van der Waals surface area contributed by atoms with Crippen LogP contribution in [-0.4, -0.2) is 55.9 Å². The van der Waals surface area contributed by atoms with Crippen molar-refractivity contribution in [2.24, 2.45) is 0 Å². The fourth-order valence-electron chi connectivity index (χ4n) is 5.01. The number of rotatable bonds is 2. The van der Waals surface area contributed by atoms with Gasteiger partial charge in [0.25, 0.3) is 5.91 Å². The largest absolute Gasteiger partial charge is 0.352 e. The van der Waals surface area contributed by atoms with Gasteiger partial charge in [-0.3, -0.25) is 9.59 Å². The molecule has 0 aliphatic carbocycles. The van der Waals surface area contributed by atoms with Gasteiger partial charge >= 0.3 is 0 Å². The first kappa shape index (κ1) is 17.2. The van der Waals surface area contributed by atoms with E-state index in [2.05, 4.69) is 24.8 Å². The predicted molar refractivity (Wildman–Crippen MR) is 114 cm³/mol. The maximum Gasteiger partial charge on any atom is 0.256 e. The molecule has 4 aromatic rings. The lowest BCUT2D eigenvalue weighted by atomic mass is 10.1. The molecule has 1 aromatic carbocycles. The lowest BCUT2D eigenvalue weighted by molar-refractivity contribution is 0.0643. The van der Waals surface area contributed by atoms with Gasteiger partial charge in [-0.2, -0.15) is 0 Å². The molecule has 2 saturated heterocycles. The first-order chi connectivity index (χ1) is 14.7. The van der Waals surface area contributed by atoms with Crippen LogP contribution in [0.4, 0.5) is 5.82 Å². The van der Waals surface area contributed by atoms with E-state index in [0.717, 1.165) is 48.2 Å². The van der Waals surface area contributed by atoms with Gasteiger partial charge in [0.2, 0.25) is 5.56 Å². The summed E-state index contributed by atoms with van der Waals surface area (Å²) in [7, 11) is 0. The summed E-state index contributed by atoms with van der Waals surface area (Å²) >= 11 is 0. The third-order valence-corrected chi connectivity index (χ3v) is 6.34. The molecular weight excluding hydrogens is 380 g/mol. The molecule has 6 rings (SSSR count). The molecule has 2 unspecified atom stereocenters. The van der Waals surface area contributed by atoms with Crippen molar-refractivity contribution in [1.82, 2.24) is 24.8 Å². The molecule has 0 spiro atoms. The van der Waals surface area contributed by atoms with E-state index in [-0.39, 0.29) is 23.6 Å². The molecule has 5 heterocycles. The Hall–Kier alpha value is -3.68. The molecule has 0 radical (unpaired) electrons. The molecule has 2 bridgehead atoms. The Morgan fingerprint density at radius 3 is 2.70 bits per heavy atom. The number of pyridine rings is 1. The van der Waals surface area contributed by atoms with Crippen molar-refractivity contribution in [3.8, 4) is 0 Å². The van der Waals surface area contributed by atoms with Gasteiger partial charge in [-0.05, 0) is 36.4 Å². The predicted octanol–water partition coefficient (Wildman–Crippen LogP) is 2.29. The average molecular weight is 400 g/mol. The van der Waals surface area contributed by atoms with Crippen molar-refractivity contribution in [1.29, 1.82) is 0 Å². The number of nitrogens with zero attached hydrogens (tertiary/aromatic N) is 4. The maximum atomic E-state index is 13.6. The highest BCUT2D eigenvalue weighted by Crippen LogP contribution is 2.35. The fourth-order valence-corrected chi connectivity index (χ4v) is 5.01. The molecule has 2 fully saturated rings. The number of H-pyrrole nitrogens is 2. The van der Waals surface area contributed by atoms with E-state index in [9.17, 15) is 9.59 Å². The maximum absolute atomic E-state index is 13.6. The Balaban J connectivity index is 1.34. The van der Waals surface area contributed by atoms with Crippen LogP contribution in [0.2, 0.25) is 0 Å². The highest BCUT2D eigenvalue weighted by atomic mass is 16.2. The number of carbonyl (C=O) groups excluding carboxylic acids is 1. The number of hydrogen-bond acceptors (Lipinski definition) is 5. The number of amides is 1. The monoisotopic (exact) mass is 400 g/mol. The summed E-state index contributed by atoms with van der Waals surface area (Å²) in [5.41, 5.74) is 1.80. The lowest BCUT2D eigenvalue weighted by Gasteiger charge is -2.41. The average Bonchev–Trinajstić information content (AvgIpc) is 3.34.